The Kier molecular flexibility index (Phi) is 6.05. The maximum Gasteiger partial charge on any atom is 0.143 e. The zero-order valence-electron chi connectivity index (χ0n) is 18.3. The molecule has 0 amide bonds. The molecule has 4 nitrogen and oxygen atoms in total. The lowest BCUT2D eigenvalue weighted by Crippen LogP contribution is -2.35. The number of aromatic nitrogens is 2. The number of hydrogen-bond donors (Lipinski definition) is 0. The SMILES string of the molecule is CN1CCC(OC2c3ccccc3CCn3cc(/C=C/C4CCCCC4)nc32)CC1. The number of likely N-dealkylation sites (tertiary alicyclic amines) is 1. The Balaban J connectivity index is 1.42. The van der Waals surface area contributed by atoms with Gasteiger partial charge in [-0.15, -0.1) is 0 Å². The first-order valence-corrected chi connectivity index (χ1v) is 11.9. The smallest absolute Gasteiger partial charge is 0.143 e. The van der Waals surface area contributed by atoms with Crippen molar-refractivity contribution in [3.05, 3.63) is 59.2 Å². The molecule has 1 aliphatic carbocycles. The summed E-state index contributed by atoms with van der Waals surface area (Å²) < 4.78 is 9.13. The second-order valence-corrected chi connectivity index (χ2v) is 9.44. The van der Waals surface area contributed by atoms with E-state index >= 15 is 0 Å². The Labute approximate surface area is 180 Å². The molecule has 30 heavy (non-hydrogen) atoms. The molecule has 0 bridgehead atoms. The molecular formula is C26H35N3O. The minimum atomic E-state index is -0.0612. The minimum Gasteiger partial charge on any atom is -0.362 e. The highest BCUT2D eigenvalue weighted by Gasteiger charge is 2.30. The lowest BCUT2D eigenvalue weighted by Gasteiger charge is -2.32. The Morgan fingerprint density at radius 3 is 2.63 bits per heavy atom. The molecule has 4 heteroatoms. The number of aryl methyl sites for hydroxylation is 2. The number of piperidine rings is 1. The van der Waals surface area contributed by atoms with Crippen molar-refractivity contribution in [3.8, 4) is 0 Å². The molecule has 1 saturated heterocycles. The third-order valence-electron chi connectivity index (χ3n) is 7.20. The van der Waals surface area contributed by atoms with Gasteiger partial charge in [-0.25, -0.2) is 4.98 Å². The second-order valence-electron chi connectivity index (χ2n) is 9.44. The van der Waals surface area contributed by atoms with Gasteiger partial charge in [0.2, 0.25) is 0 Å². The molecule has 5 rings (SSSR count). The van der Waals surface area contributed by atoms with Crippen molar-refractivity contribution in [1.29, 1.82) is 0 Å². The van der Waals surface area contributed by atoms with Crippen LogP contribution in [0.3, 0.4) is 0 Å². The molecule has 160 valence electrons. The van der Waals surface area contributed by atoms with Crippen LogP contribution in [0, 0.1) is 5.92 Å². The van der Waals surface area contributed by atoms with E-state index < -0.39 is 0 Å². The molecule has 2 aromatic rings. The van der Waals surface area contributed by atoms with Crippen LogP contribution in [0.4, 0.5) is 0 Å². The van der Waals surface area contributed by atoms with E-state index in [4.69, 9.17) is 9.72 Å². The van der Waals surface area contributed by atoms with E-state index in [-0.39, 0.29) is 6.10 Å². The number of rotatable bonds is 4. The van der Waals surface area contributed by atoms with Gasteiger partial charge in [-0.05, 0) is 62.3 Å². The third-order valence-corrected chi connectivity index (χ3v) is 7.20. The lowest BCUT2D eigenvalue weighted by molar-refractivity contribution is -0.0275. The van der Waals surface area contributed by atoms with E-state index in [9.17, 15) is 0 Å². The summed E-state index contributed by atoms with van der Waals surface area (Å²) in [5.41, 5.74) is 3.80. The van der Waals surface area contributed by atoms with E-state index in [1.54, 1.807) is 0 Å². The van der Waals surface area contributed by atoms with Gasteiger partial charge in [-0.3, -0.25) is 0 Å². The van der Waals surface area contributed by atoms with Crippen molar-refractivity contribution in [3.63, 3.8) is 0 Å². The van der Waals surface area contributed by atoms with E-state index in [1.807, 2.05) is 0 Å². The highest BCUT2D eigenvalue weighted by atomic mass is 16.5. The van der Waals surface area contributed by atoms with Crippen LogP contribution >= 0.6 is 0 Å². The molecule has 0 N–H and O–H groups in total. The van der Waals surface area contributed by atoms with Gasteiger partial charge >= 0.3 is 0 Å². The van der Waals surface area contributed by atoms with Crippen molar-refractivity contribution in [2.75, 3.05) is 20.1 Å². The van der Waals surface area contributed by atoms with E-state index in [2.05, 4.69) is 59.1 Å². The highest BCUT2D eigenvalue weighted by molar-refractivity contribution is 5.46. The number of ether oxygens (including phenoxy) is 1. The van der Waals surface area contributed by atoms with Gasteiger partial charge in [-0.1, -0.05) is 49.6 Å². The molecule has 3 aliphatic rings. The van der Waals surface area contributed by atoms with Crippen molar-refractivity contribution in [2.45, 2.75) is 70.1 Å². The monoisotopic (exact) mass is 405 g/mol. The van der Waals surface area contributed by atoms with Crippen LogP contribution in [0.1, 0.15) is 73.7 Å². The topological polar surface area (TPSA) is 30.3 Å². The molecule has 3 heterocycles. The van der Waals surface area contributed by atoms with Crippen LogP contribution < -0.4 is 0 Å². The first-order chi connectivity index (χ1) is 14.8. The van der Waals surface area contributed by atoms with Crippen molar-refractivity contribution in [1.82, 2.24) is 14.5 Å². The largest absolute Gasteiger partial charge is 0.362 e. The molecule has 2 aliphatic heterocycles. The van der Waals surface area contributed by atoms with Gasteiger partial charge in [-0.2, -0.15) is 0 Å². The van der Waals surface area contributed by atoms with Crippen LogP contribution in [-0.2, 0) is 17.7 Å². The predicted octanol–water partition coefficient (Wildman–Crippen LogP) is 5.23. The first kappa shape index (κ1) is 20.0. The van der Waals surface area contributed by atoms with Gasteiger partial charge in [0.1, 0.15) is 11.9 Å². The molecule has 0 radical (unpaired) electrons. The average molecular weight is 406 g/mol. The summed E-state index contributed by atoms with van der Waals surface area (Å²) in [6.07, 6.45) is 17.2. The summed E-state index contributed by atoms with van der Waals surface area (Å²) in [6, 6.07) is 8.80. The number of allylic oxidation sites excluding steroid dienone is 1. The van der Waals surface area contributed by atoms with Gasteiger partial charge < -0.3 is 14.2 Å². The lowest BCUT2D eigenvalue weighted by atomic mass is 9.89. The van der Waals surface area contributed by atoms with E-state index in [0.717, 1.165) is 56.3 Å². The Morgan fingerprint density at radius 2 is 1.80 bits per heavy atom. The minimum absolute atomic E-state index is 0.0612. The Morgan fingerprint density at radius 1 is 1.00 bits per heavy atom. The van der Waals surface area contributed by atoms with Crippen molar-refractivity contribution >= 4 is 6.08 Å². The van der Waals surface area contributed by atoms with E-state index in [0.29, 0.717) is 6.10 Å². The number of nitrogens with zero attached hydrogens (tertiary/aromatic N) is 3. The molecule has 1 unspecified atom stereocenters. The van der Waals surface area contributed by atoms with E-state index in [1.165, 1.54) is 43.2 Å². The van der Waals surface area contributed by atoms with Crippen molar-refractivity contribution < 1.29 is 4.74 Å². The maximum absolute atomic E-state index is 6.79. The fourth-order valence-corrected chi connectivity index (χ4v) is 5.33. The summed E-state index contributed by atoms with van der Waals surface area (Å²) >= 11 is 0. The Hall–Kier alpha value is -1.91. The van der Waals surface area contributed by atoms with Crippen LogP contribution in [0.5, 0.6) is 0 Å². The molecule has 2 fully saturated rings. The van der Waals surface area contributed by atoms with Crippen LogP contribution in [0.15, 0.2) is 36.5 Å². The first-order valence-electron chi connectivity index (χ1n) is 11.9. The molecular weight excluding hydrogens is 370 g/mol. The van der Waals surface area contributed by atoms with Gasteiger partial charge in [0, 0.05) is 25.8 Å². The van der Waals surface area contributed by atoms with Gasteiger partial charge in [0.05, 0.1) is 11.8 Å². The fourth-order valence-electron chi connectivity index (χ4n) is 5.33. The standard InChI is InChI=1S/C26H35N3O/c1-28-16-14-23(15-17-28)30-25-24-10-6-5-9-21(24)13-18-29-19-22(27-26(25)29)12-11-20-7-3-2-4-8-20/h5-6,9-12,19-20,23,25H,2-4,7-8,13-18H2,1H3/b12-11+. The average Bonchev–Trinajstić information content (AvgIpc) is 3.14. The second kappa shape index (κ2) is 9.07. The predicted molar refractivity (Wildman–Crippen MR) is 121 cm³/mol. The molecule has 1 aromatic heterocycles. The molecule has 1 aromatic carbocycles. The normalized spacial score (nSPS) is 24.0. The third kappa shape index (κ3) is 4.40. The molecule has 1 saturated carbocycles. The zero-order valence-corrected chi connectivity index (χ0v) is 18.3. The van der Waals surface area contributed by atoms with Crippen LogP contribution in [0.2, 0.25) is 0 Å². The summed E-state index contributed by atoms with van der Waals surface area (Å²) in [5, 5.41) is 0. The number of hydrogen-bond acceptors (Lipinski definition) is 3. The molecule has 1 atom stereocenters. The summed E-state index contributed by atoms with van der Waals surface area (Å²) in [5.74, 6) is 1.81. The number of fused-ring (bicyclic) bond motifs is 2. The van der Waals surface area contributed by atoms with Crippen molar-refractivity contribution in [2.24, 2.45) is 5.92 Å². The van der Waals surface area contributed by atoms with Gasteiger partial charge in [0.25, 0.3) is 0 Å². The highest BCUT2D eigenvalue weighted by Crippen LogP contribution is 2.35. The summed E-state index contributed by atoms with van der Waals surface area (Å²) in [7, 11) is 2.20. The zero-order chi connectivity index (χ0) is 20.3. The quantitative estimate of drug-likeness (QED) is 0.697. The maximum atomic E-state index is 6.79. The number of imidazole rings is 1. The molecule has 0 spiro atoms. The Bertz CT molecular complexity index is 872. The summed E-state index contributed by atoms with van der Waals surface area (Å²) in [4.78, 5) is 7.50. The summed E-state index contributed by atoms with van der Waals surface area (Å²) in [6.45, 7) is 3.20. The van der Waals surface area contributed by atoms with Crippen LogP contribution in [-0.4, -0.2) is 40.7 Å². The number of benzene rings is 1. The van der Waals surface area contributed by atoms with Gasteiger partial charge in [0.15, 0.2) is 0 Å². The van der Waals surface area contributed by atoms with Crippen LogP contribution in [0.25, 0.3) is 6.08 Å². The fraction of sp³-hybridized carbons (Fsp3) is 0.577.